The van der Waals surface area contributed by atoms with Gasteiger partial charge >= 0.3 is 5.97 Å². The highest BCUT2D eigenvalue weighted by Gasteiger charge is 2.26. The molecule has 2 unspecified atom stereocenters. The van der Waals surface area contributed by atoms with E-state index < -0.39 is 24.0 Å². The number of nitrogens with one attached hydrogen (secondary N) is 2. The minimum Gasteiger partial charge on any atom is -0.508 e. The van der Waals surface area contributed by atoms with Gasteiger partial charge in [0.25, 0.3) is 0 Å². The van der Waals surface area contributed by atoms with Crippen LogP contribution in [0.1, 0.15) is 25.8 Å². The number of rotatable bonds is 9. The third-order valence-corrected chi connectivity index (χ3v) is 3.47. The Hall–Kier alpha value is -2.57. The summed E-state index contributed by atoms with van der Waals surface area (Å²) in [5.41, 5.74) is 0.765. The van der Waals surface area contributed by atoms with E-state index in [0.717, 1.165) is 5.56 Å². The molecule has 3 N–H and O–H groups in total. The van der Waals surface area contributed by atoms with Crippen LogP contribution in [0, 0.1) is 5.92 Å². The van der Waals surface area contributed by atoms with E-state index in [1.54, 1.807) is 12.1 Å². The maximum atomic E-state index is 12.4. The Labute approximate surface area is 141 Å². The van der Waals surface area contributed by atoms with Crippen molar-refractivity contribution in [1.82, 2.24) is 10.6 Å². The molecule has 1 rings (SSSR count). The largest absolute Gasteiger partial charge is 0.508 e. The highest BCUT2D eigenvalue weighted by molar-refractivity contribution is 5.88. The standard InChI is InChI=1S/C17H24N2O5/c1-11(2)8-15(17(23)24-3)19-16(22)14(18-10-20)9-12-4-6-13(21)7-5-12/h4-7,10-11,14-15,21H,8-9H2,1-3H3,(H,18,20)(H,19,22). The van der Waals surface area contributed by atoms with Crippen LogP contribution in [0.5, 0.6) is 5.75 Å². The van der Waals surface area contributed by atoms with Crippen LogP contribution in [-0.2, 0) is 25.5 Å². The van der Waals surface area contributed by atoms with Gasteiger partial charge in [0, 0.05) is 6.42 Å². The number of hydrogen-bond donors (Lipinski definition) is 3. The van der Waals surface area contributed by atoms with Crippen molar-refractivity contribution < 1.29 is 24.2 Å². The first kappa shape index (κ1) is 19.5. The Balaban J connectivity index is 2.81. The predicted molar refractivity (Wildman–Crippen MR) is 88.2 cm³/mol. The molecule has 2 amide bonds. The van der Waals surface area contributed by atoms with E-state index >= 15 is 0 Å². The maximum Gasteiger partial charge on any atom is 0.328 e. The van der Waals surface area contributed by atoms with Gasteiger partial charge in [-0.15, -0.1) is 0 Å². The minimum atomic E-state index is -0.827. The fraction of sp³-hybridized carbons (Fsp3) is 0.471. The molecule has 0 heterocycles. The fourth-order valence-electron chi connectivity index (χ4n) is 2.28. The molecule has 0 aliphatic rings. The van der Waals surface area contributed by atoms with Gasteiger partial charge in [-0.2, -0.15) is 0 Å². The number of benzene rings is 1. The maximum absolute atomic E-state index is 12.4. The van der Waals surface area contributed by atoms with Gasteiger partial charge in [0.15, 0.2) is 0 Å². The molecule has 7 nitrogen and oxygen atoms in total. The first-order chi connectivity index (χ1) is 11.4. The molecule has 1 aromatic rings. The fourth-order valence-corrected chi connectivity index (χ4v) is 2.28. The number of methoxy groups -OCH3 is 1. The molecule has 0 saturated carbocycles. The second-order valence-corrected chi connectivity index (χ2v) is 5.92. The zero-order valence-corrected chi connectivity index (χ0v) is 14.1. The molecule has 24 heavy (non-hydrogen) atoms. The van der Waals surface area contributed by atoms with E-state index in [1.807, 2.05) is 13.8 Å². The van der Waals surface area contributed by atoms with Crippen LogP contribution in [0.3, 0.4) is 0 Å². The molecule has 132 valence electrons. The summed E-state index contributed by atoms with van der Waals surface area (Å²) in [5, 5.41) is 14.4. The van der Waals surface area contributed by atoms with Crippen molar-refractivity contribution in [2.75, 3.05) is 7.11 Å². The molecule has 0 aliphatic heterocycles. The van der Waals surface area contributed by atoms with Crippen molar-refractivity contribution in [2.24, 2.45) is 5.92 Å². The van der Waals surface area contributed by atoms with Crippen LogP contribution >= 0.6 is 0 Å². The predicted octanol–water partition coefficient (Wildman–Crippen LogP) is 0.753. The highest BCUT2D eigenvalue weighted by Crippen LogP contribution is 2.12. The summed E-state index contributed by atoms with van der Waals surface area (Å²) < 4.78 is 4.71. The monoisotopic (exact) mass is 336 g/mol. The van der Waals surface area contributed by atoms with Crippen LogP contribution in [0.4, 0.5) is 0 Å². The third kappa shape index (κ3) is 6.28. The number of phenols is 1. The van der Waals surface area contributed by atoms with Crippen molar-refractivity contribution in [2.45, 2.75) is 38.8 Å². The molecule has 0 radical (unpaired) electrons. The van der Waals surface area contributed by atoms with Gasteiger partial charge in [-0.25, -0.2) is 4.79 Å². The number of phenolic OH excluding ortho intramolecular Hbond substituents is 1. The van der Waals surface area contributed by atoms with E-state index in [4.69, 9.17) is 4.74 Å². The molecule has 2 atom stereocenters. The highest BCUT2D eigenvalue weighted by atomic mass is 16.5. The molecule has 1 aromatic carbocycles. The number of amides is 2. The zero-order chi connectivity index (χ0) is 18.1. The lowest BCUT2D eigenvalue weighted by molar-refractivity contribution is -0.145. The van der Waals surface area contributed by atoms with Crippen molar-refractivity contribution in [3.05, 3.63) is 29.8 Å². The molecule has 0 fully saturated rings. The van der Waals surface area contributed by atoms with Gasteiger partial charge in [0.2, 0.25) is 12.3 Å². The SMILES string of the molecule is COC(=O)C(CC(C)C)NC(=O)C(Cc1ccc(O)cc1)NC=O. The Bertz CT molecular complexity index is 557. The first-order valence-electron chi connectivity index (χ1n) is 7.73. The van der Waals surface area contributed by atoms with E-state index in [0.29, 0.717) is 12.8 Å². The van der Waals surface area contributed by atoms with Gasteiger partial charge in [-0.05, 0) is 30.0 Å². The lowest BCUT2D eigenvalue weighted by atomic mass is 10.0. The van der Waals surface area contributed by atoms with Gasteiger partial charge in [0.1, 0.15) is 17.8 Å². The number of ether oxygens (including phenoxy) is 1. The average Bonchev–Trinajstić information content (AvgIpc) is 2.54. The lowest BCUT2D eigenvalue weighted by Crippen LogP contribution is -2.51. The second-order valence-electron chi connectivity index (χ2n) is 5.92. The number of carbonyl (C=O) groups is 3. The van der Waals surface area contributed by atoms with E-state index in [2.05, 4.69) is 10.6 Å². The first-order valence-corrected chi connectivity index (χ1v) is 7.73. The number of aromatic hydroxyl groups is 1. The van der Waals surface area contributed by atoms with Gasteiger partial charge < -0.3 is 20.5 Å². The Morgan fingerprint density at radius 3 is 2.33 bits per heavy atom. The Morgan fingerprint density at radius 2 is 1.83 bits per heavy atom. The Morgan fingerprint density at radius 1 is 1.21 bits per heavy atom. The third-order valence-electron chi connectivity index (χ3n) is 3.47. The van der Waals surface area contributed by atoms with Crippen LogP contribution in [0.2, 0.25) is 0 Å². The van der Waals surface area contributed by atoms with Gasteiger partial charge in [-0.1, -0.05) is 26.0 Å². The van der Waals surface area contributed by atoms with Crippen LogP contribution in [0.15, 0.2) is 24.3 Å². The van der Waals surface area contributed by atoms with Crippen LogP contribution in [0.25, 0.3) is 0 Å². The summed E-state index contributed by atoms with van der Waals surface area (Å²) >= 11 is 0. The van der Waals surface area contributed by atoms with Gasteiger partial charge in [-0.3, -0.25) is 9.59 Å². The molecule has 0 saturated heterocycles. The minimum absolute atomic E-state index is 0.116. The second kappa shape index (κ2) is 9.54. The molecular weight excluding hydrogens is 312 g/mol. The van der Waals surface area contributed by atoms with Crippen molar-refractivity contribution >= 4 is 18.3 Å². The number of carbonyl (C=O) groups excluding carboxylic acids is 3. The molecule has 0 spiro atoms. The van der Waals surface area contributed by atoms with Crippen molar-refractivity contribution in [3.63, 3.8) is 0 Å². The summed E-state index contributed by atoms with van der Waals surface area (Å²) in [6.45, 7) is 3.86. The van der Waals surface area contributed by atoms with Gasteiger partial charge in [0.05, 0.1) is 7.11 Å². The van der Waals surface area contributed by atoms with Crippen molar-refractivity contribution in [3.8, 4) is 5.75 Å². The number of esters is 1. The summed E-state index contributed by atoms with van der Waals surface area (Å²) in [7, 11) is 1.26. The summed E-state index contributed by atoms with van der Waals surface area (Å²) in [6, 6.07) is 4.73. The zero-order valence-electron chi connectivity index (χ0n) is 14.1. The van der Waals surface area contributed by atoms with E-state index in [-0.39, 0.29) is 18.1 Å². The van der Waals surface area contributed by atoms with Crippen LogP contribution < -0.4 is 10.6 Å². The molecule has 0 aliphatic carbocycles. The van der Waals surface area contributed by atoms with E-state index in [1.165, 1.54) is 19.2 Å². The average molecular weight is 336 g/mol. The topological polar surface area (TPSA) is 105 Å². The van der Waals surface area contributed by atoms with Crippen molar-refractivity contribution in [1.29, 1.82) is 0 Å². The number of hydrogen-bond acceptors (Lipinski definition) is 5. The van der Waals surface area contributed by atoms with Crippen LogP contribution in [-0.4, -0.2) is 42.6 Å². The summed E-state index contributed by atoms with van der Waals surface area (Å²) in [6.07, 6.45) is 1.12. The Kier molecular flexibility index (Phi) is 7.74. The summed E-state index contributed by atoms with van der Waals surface area (Å²) in [4.78, 5) is 35.0. The van der Waals surface area contributed by atoms with E-state index in [9.17, 15) is 19.5 Å². The lowest BCUT2D eigenvalue weighted by Gasteiger charge is -2.22. The molecule has 0 aromatic heterocycles. The smallest absolute Gasteiger partial charge is 0.328 e. The molecule has 0 bridgehead atoms. The molecular formula is C17H24N2O5. The molecule has 7 heteroatoms. The quantitative estimate of drug-likeness (QED) is 0.456. The summed E-state index contributed by atoms with van der Waals surface area (Å²) in [5.74, 6) is -0.687. The normalized spacial score (nSPS) is 13.0.